The molecule has 106 valence electrons. The van der Waals surface area contributed by atoms with E-state index in [1.165, 1.54) is 19.1 Å². The number of benzene rings is 1. The Morgan fingerprint density at radius 2 is 2.10 bits per heavy atom. The number of hydrogen-bond donors (Lipinski definition) is 2. The molecule has 6 heteroatoms. The van der Waals surface area contributed by atoms with Gasteiger partial charge in [-0.3, -0.25) is 9.89 Å². The van der Waals surface area contributed by atoms with Crippen LogP contribution in [-0.4, -0.2) is 16.1 Å². The lowest BCUT2D eigenvalue weighted by molar-refractivity contribution is -0.115. The van der Waals surface area contributed by atoms with Gasteiger partial charge in [0.25, 0.3) is 5.91 Å². The van der Waals surface area contributed by atoms with Crippen molar-refractivity contribution in [2.45, 2.75) is 18.8 Å². The molecule has 4 rings (SSSR count). The number of para-hydroxylation sites is 2. The highest BCUT2D eigenvalue weighted by Crippen LogP contribution is 2.39. The number of rotatable bonds is 3. The lowest BCUT2D eigenvalue weighted by atomic mass is 10.3. The lowest BCUT2D eigenvalue weighted by Crippen LogP contribution is -2.21. The highest BCUT2D eigenvalue weighted by atomic mass is 16.6. The number of carbonyl (C=O) groups is 1. The van der Waals surface area contributed by atoms with Gasteiger partial charge in [0.1, 0.15) is 6.26 Å². The van der Waals surface area contributed by atoms with E-state index in [-0.39, 0.29) is 5.76 Å². The van der Waals surface area contributed by atoms with Crippen LogP contribution in [0.4, 0.5) is 5.82 Å². The van der Waals surface area contributed by atoms with Gasteiger partial charge >= 0.3 is 0 Å². The van der Waals surface area contributed by atoms with Crippen LogP contribution in [0, 0.1) is 0 Å². The molecule has 1 aromatic carbocycles. The Morgan fingerprint density at radius 3 is 2.90 bits per heavy atom. The summed E-state index contributed by atoms with van der Waals surface area (Å²) < 4.78 is 10.9. The number of aromatic nitrogens is 2. The van der Waals surface area contributed by atoms with Gasteiger partial charge in [-0.2, -0.15) is 5.10 Å². The van der Waals surface area contributed by atoms with Gasteiger partial charge in [0, 0.05) is 17.7 Å². The topological polar surface area (TPSA) is 76.2 Å². The zero-order chi connectivity index (χ0) is 14.2. The van der Waals surface area contributed by atoms with Crippen LogP contribution in [-0.2, 0) is 4.79 Å². The Morgan fingerprint density at radius 1 is 1.29 bits per heavy atom. The Kier molecular flexibility index (Phi) is 2.67. The monoisotopic (exact) mass is 283 g/mol. The molecule has 0 bridgehead atoms. The normalized spacial score (nSPS) is 16.3. The van der Waals surface area contributed by atoms with E-state index in [4.69, 9.17) is 9.47 Å². The van der Waals surface area contributed by atoms with Crippen LogP contribution >= 0.6 is 0 Å². The number of fused-ring (bicyclic) bond motifs is 1. The van der Waals surface area contributed by atoms with Crippen molar-refractivity contribution < 1.29 is 14.3 Å². The molecule has 2 heterocycles. The molecule has 2 aliphatic rings. The predicted octanol–water partition coefficient (Wildman–Crippen LogP) is 2.54. The van der Waals surface area contributed by atoms with Gasteiger partial charge in [0.2, 0.25) is 5.76 Å². The van der Waals surface area contributed by atoms with E-state index >= 15 is 0 Å². The predicted molar refractivity (Wildman–Crippen MR) is 75.0 cm³/mol. The minimum atomic E-state index is -0.390. The number of nitrogens with zero attached hydrogens (tertiary/aromatic N) is 1. The summed E-state index contributed by atoms with van der Waals surface area (Å²) in [6, 6.07) is 9.03. The molecule has 1 amide bonds. The standard InChI is InChI=1S/C15H13N3O3/c19-15(16-14-7-10(17-18-14)9-5-6-9)13-8-20-11-3-1-2-4-12(11)21-13/h1-4,7-9H,5-6H2,(H2,16,17,18,19). The Bertz CT molecular complexity index is 731. The molecule has 1 aliphatic carbocycles. The molecule has 1 fully saturated rings. The average molecular weight is 283 g/mol. The summed E-state index contributed by atoms with van der Waals surface area (Å²) in [7, 11) is 0. The smallest absolute Gasteiger partial charge is 0.295 e. The van der Waals surface area contributed by atoms with Crippen LogP contribution in [0.25, 0.3) is 0 Å². The highest BCUT2D eigenvalue weighted by molar-refractivity contribution is 6.02. The Balaban J connectivity index is 1.46. The van der Waals surface area contributed by atoms with Crippen LogP contribution in [0.1, 0.15) is 24.5 Å². The fraction of sp³-hybridized carbons (Fsp3) is 0.200. The minimum absolute atomic E-state index is 0.102. The van der Waals surface area contributed by atoms with Crippen molar-refractivity contribution in [1.29, 1.82) is 0 Å². The van der Waals surface area contributed by atoms with E-state index in [0.717, 1.165) is 5.69 Å². The largest absolute Gasteiger partial charge is 0.457 e. The van der Waals surface area contributed by atoms with Crippen molar-refractivity contribution in [1.82, 2.24) is 10.2 Å². The summed E-state index contributed by atoms with van der Waals surface area (Å²) in [6.45, 7) is 0. The van der Waals surface area contributed by atoms with Crippen molar-refractivity contribution in [2.75, 3.05) is 5.32 Å². The summed E-state index contributed by atoms with van der Waals surface area (Å²) in [6.07, 6.45) is 3.65. The van der Waals surface area contributed by atoms with Gasteiger partial charge in [0.15, 0.2) is 17.3 Å². The lowest BCUT2D eigenvalue weighted by Gasteiger charge is -2.16. The third-order valence-electron chi connectivity index (χ3n) is 3.44. The van der Waals surface area contributed by atoms with Crippen molar-refractivity contribution in [3.8, 4) is 11.5 Å². The van der Waals surface area contributed by atoms with Crippen LogP contribution in [0.5, 0.6) is 11.5 Å². The van der Waals surface area contributed by atoms with Crippen LogP contribution < -0.4 is 14.8 Å². The SMILES string of the molecule is O=C(Nc1cc(C2CC2)[nH]n1)C1=COc2ccccc2O1. The summed E-state index contributed by atoms with van der Waals surface area (Å²) in [5.41, 5.74) is 1.06. The first-order valence-corrected chi connectivity index (χ1v) is 6.80. The maximum absolute atomic E-state index is 12.1. The van der Waals surface area contributed by atoms with Gasteiger partial charge in [-0.1, -0.05) is 12.1 Å². The summed E-state index contributed by atoms with van der Waals surface area (Å²) in [5.74, 6) is 1.87. The Labute approximate surface area is 120 Å². The molecule has 0 radical (unpaired) electrons. The van der Waals surface area contributed by atoms with E-state index in [0.29, 0.717) is 23.2 Å². The second-order valence-electron chi connectivity index (χ2n) is 5.09. The maximum atomic E-state index is 12.1. The molecule has 0 unspecified atom stereocenters. The summed E-state index contributed by atoms with van der Waals surface area (Å²) >= 11 is 0. The second-order valence-corrected chi connectivity index (χ2v) is 5.09. The van der Waals surface area contributed by atoms with Crippen molar-refractivity contribution in [2.24, 2.45) is 0 Å². The zero-order valence-corrected chi connectivity index (χ0v) is 11.1. The number of H-pyrrole nitrogens is 1. The van der Waals surface area contributed by atoms with E-state index in [1.807, 2.05) is 18.2 Å². The molecule has 0 spiro atoms. The number of aromatic amines is 1. The molecule has 1 saturated carbocycles. The highest BCUT2D eigenvalue weighted by Gasteiger charge is 2.26. The van der Waals surface area contributed by atoms with Crippen molar-refractivity contribution in [3.05, 3.63) is 48.0 Å². The molecule has 1 aromatic heterocycles. The molecular formula is C15H13N3O3. The second kappa shape index (κ2) is 4.66. The quantitative estimate of drug-likeness (QED) is 0.907. The van der Waals surface area contributed by atoms with Gasteiger partial charge < -0.3 is 14.8 Å². The molecule has 1 aliphatic heterocycles. The third kappa shape index (κ3) is 2.35. The molecule has 21 heavy (non-hydrogen) atoms. The molecular weight excluding hydrogens is 270 g/mol. The molecule has 2 N–H and O–H groups in total. The van der Waals surface area contributed by atoms with Gasteiger partial charge in [-0.25, -0.2) is 0 Å². The maximum Gasteiger partial charge on any atom is 0.295 e. The first kappa shape index (κ1) is 12.0. The van der Waals surface area contributed by atoms with E-state index in [1.54, 1.807) is 12.1 Å². The number of anilines is 1. The minimum Gasteiger partial charge on any atom is -0.457 e. The molecule has 0 saturated heterocycles. The van der Waals surface area contributed by atoms with Crippen LogP contribution in [0.2, 0.25) is 0 Å². The Hall–Kier alpha value is -2.76. The molecule has 2 aromatic rings. The van der Waals surface area contributed by atoms with Crippen LogP contribution in [0.15, 0.2) is 42.4 Å². The van der Waals surface area contributed by atoms with E-state index in [2.05, 4.69) is 15.5 Å². The summed E-state index contributed by atoms with van der Waals surface area (Å²) in [4.78, 5) is 12.1. The average Bonchev–Trinajstić information content (AvgIpc) is 3.27. The van der Waals surface area contributed by atoms with E-state index < -0.39 is 5.91 Å². The number of amides is 1. The third-order valence-corrected chi connectivity index (χ3v) is 3.44. The number of carbonyl (C=O) groups excluding carboxylic acids is 1. The fourth-order valence-electron chi connectivity index (χ4n) is 2.17. The van der Waals surface area contributed by atoms with Crippen molar-refractivity contribution >= 4 is 11.7 Å². The first-order chi connectivity index (χ1) is 10.3. The molecule has 6 nitrogen and oxygen atoms in total. The van der Waals surface area contributed by atoms with E-state index in [9.17, 15) is 4.79 Å². The molecule has 0 atom stereocenters. The first-order valence-electron chi connectivity index (χ1n) is 6.80. The fourth-order valence-corrected chi connectivity index (χ4v) is 2.17. The summed E-state index contributed by atoms with van der Waals surface area (Å²) in [5, 5.41) is 9.70. The van der Waals surface area contributed by atoms with Gasteiger partial charge in [-0.15, -0.1) is 0 Å². The number of hydrogen-bond acceptors (Lipinski definition) is 4. The van der Waals surface area contributed by atoms with Gasteiger partial charge in [0.05, 0.1) is 0 Å². The zero-order valence-electron chi connectivity index (χ0n) is 11.1. The van der Waals surface area contributed by atoms with Crippen LogP contribution in [0.3, 0.4) is 0 Å². The van der Waals surface area contributed by atoms with Gasteiger partial charge in [-0.05, 0) is 25.0 Å². The number of nitrogens with one attached hydrogen (secondary N) is 2. The number of ether oxygens (including phenoxy) is 2. The van der Waals surface area contributed by atoms with Crippen molar-refractivity contribution in [3.63, 3.8) is 0 Å².